The summed E-state index contributed by atoms with van der Waals surface area (Å²) in [6.45, 7) is 6.38. The van der Waals surface area contributed by atoms with Gasteiger partial charge in [0.25, 0.3) is 0 Å². The highest BCUT2D eigenvalue weighted by Gasteiger charge is 2.19. The molecule has 1 saturated heterocycles. The van der Waals surface area contributed by atoms with Crippen LogP contribution >= 0.6 is 0 Å². The van der Waals surface area contributed by atoms with Crippen LogP contribution in [0.2, 0.25) is 0 Å². The van der Waals surface area contributed by atoms with Gasteiger partial charge in [0.05, 0.1) is 6.10 Å². The lowest BCUT2D eigenvalue weighted by Gasteiger charge is -2.35. The molecule has 0 aromatic carbocycles. The molecule has 5 nitrogen and oxygen atoms in total. The smallest absolute Gasteiger partial charge is 0.219 e. The van der Waals surface area contributed by atoms with Crippen LogP contribution in [-0.2, 0) is 4.79 Å². The van der Waals surface area contributed by atoms with Crippen molar-refractivity contribution >= 4 is 11.7 Å². The number of nitrogens with zero attached hydrogens (tertiary/aromatic N) is 3. The number of anilines is 1. The molecule has 1 atom stereocenters. The van der Waals surface area contributed by atoms with Gasteiger partial charge < -0.3 is 14.9 Å². The fourth-order valence-corrected chi connectivity index (χ4v) is 2.12. The highest BCUT2D eigenvalue weighted by Crippen LogP contribution is 2.19. The Labute approximate surface area is 107 Å². The number of rotatable bonds is 2. The Balaban J connectivity index is 2.05. The molecule has 98 valence electrons. The Morgan fingerprint density at radius 3 is 2.61 bits per heavy atom. The molecule has 0 unspecified atom stereocenters. The van der Waals surface area contributed by atoms with Gasteiger partial charge in [-0.05, 0) is 24.6 Å². The van der Waals surface area contributed by atoms with Crippen molar-refractivity contribution < 1.29 is 9.90 Å². The third kappa shape index (κ3) is 2.79. The van der Waals surface area contributed by atoms with E-state index in [1.165, 1.54) is 0 Å². The average Bonchev–Trinajstić information content (AvgIpc) is 2.39. The second-order valence-corrected chi connectivity index (χ2v) is 4.62. The first-order chi connectivity index (χ1) is 8.58. The van der Waals surface area contributed by atoms with E-state index < -0.39 is 6.10 Å². The van der Waals surface area contributed by atoms with Crippen molar-refractivity contribution in [3.63, 3.8) is 0 Å². The Bertz CT molecular complexity index is 426. The van der Waals surface area contributed by atoms with Gasteiger partial charge in [0.2, 0.25) is 5.91 Å². The van der Waals surface area contributed by atoms with E-state index in [1.807, 2.05) is 17.0 Å². The van der Waals surface area contributed by atoms with Gasteiger partial charge in [-0.15, -0.1) is 0 Å². The summed E-state index contributed by atoms with van der Waals surface area (Å²) in [5.74, 6) is 0.997. The Hall–Kier alpha value is -1.62. The summed E-state index contributed by atoms with van der Waals surface area (Å²) in [6.07, 6.45) is 1.24. The molecule has 2 rings (SSSR count). The van der Waals surface area contributed by atoms with E-state index in [-0.39, 0.29) is 5.91 Å². The molecule has 1 N–H and O–H groups in total. The SMILES string of the molecule is CC(=O)N1CCN(c2cc([C@@H](C)O)ccn2)CC1. The first-order valence-electron chi connectivity index (χ1n) is 6.22. The number of aliphatic hydroxyl groups is 1. The predicted molar refractivity (Wildman–Crippen MR) is 69.3 cm³/mol. The molecule has 1 fully saturated rings. The van der Waals surface area contributed by atoms with Crippen LogP contribution in [0, 0.1) is 0 Å². The molecule has 1 amide bonds. The van der Waals surface area contributed by atoms with E-state index in [0.717, 1.165) is 37.6 Å². The van der Waals surface area contributed by atoms with Crippen molar-refractivity contribution in [3.05, 3.63) is 23.9 Å². The summed E-state index contributed by atoms with van der Waals surface area (Å²) in [6, 6.07) is 3.73. The number of hydrogen-bond donors (Lipinski definition) is 1. The lowest BCUT2D eigenvalue weighted by atomic mass is 10.1. The average molecular weight is 249 g/mol. The van der Waals surface area contributed by atoms with Crippen molar-refractivity contribution in [1.29, 1.82) is 0 Å². The fraction of sp³-hybridized carbons (Fsp3) is 0.538. The number of carbonyl (C=O) groups excluding carboxylic acids is 1. The third-order valence-corrected chi connectivity index (χ3v) is 3.30. The number of hydrogen-bond acceptors (Lipinski definition) is 4. The molecule has 0 bridgehead atoms. The van der Waals surface area contributed by atoms with Gasteiger partial charge in [0.15, 0.2) is 0 Å². The van der Waals surface area contributed by atoms with Gasteiger partial charge in [0.1, 0.15) is 5.82 Å². The number of aliphatic hydroxyl groups excluding tert-OH is 1. The van der Waals surface area contributed by atoms with Gasteiger partial charge in [-0.25, -0.2) is 4.98 Å². The number of aromatic nitrogens is 1. The molecule has 18 heavy (non-hydrogen) atoms. The van der Waals surface area contributed by atoms with Gasteiger partial charge >= 0.3 is 0 Å². The van der Waals surface area contributed by atoms with E-state index in [1.54, 1.807) is 20.0 Å². The van der Waals surface area contributed by atoms with Crippen molar-refractivity contribution in [2.75, 3.05) is 31.1 Å². The normalized spacial score (nSPS) is 17.7. The standard InChI is InChI=1S/C13H19N3O2/c1-10(17)12-3-4-14-13(9-12)16-7-5-15(6-8-16)11(2)18/h3-4,9-10,17H,5-8H2,1-2H3/t10-/m1/s1. The van der Waals surface area contributed by atoms with Crippen molar-refractivity contribution in [3.8, 4) is 0 Å². The summed E-state index contributed by atoms with van der Waals surface area (Å²) in [7, 11) is 0. The van der Waals surface area contributed by atoms with Crippen LogP contribution in [0.25, 0.3) is 0 Å². The first kappa shape index (κ1) is 12.8. The minimum atomic E-state index is -0.481. The largest absolute Gasteiger partial charge is 0.389 e. The second kappa shape index (κ2) is 5.35. The maximum Gasteiger partial charge on any atom is 0.219 e. The van der Waals surface area contributed by atoms with E-state index in [2.05, 4.69) is 9.88 Å². The molecule has 1 aromatic rings. The maximum atomic E-state index is 11.2. The van der Waals surface area contributed by atoms with Crippen LogP contribution < -0.4 is 4.90 Å². The molecule has 1 aliphatic rings. The summed E-state index contributed by atoms with van der Waals surface area (Å²) in [5, 5.41) is 9.56. The number of carbonyl (C=O) groups is 1. The molecule has 0 radical (unpaired) electrons. The Morgan fingerprint density at radius 1 is 1.39 bits per heavy atom. The van der Waals surface area contributed by atoms with Crippen molar-refractivity contribution in [1.82, 2.24) is 9.88 Å². The zero-order valence-corrected chi connectivity index (χ0v) is 10.8. The molecular weight excluding hydrogens is 230 g/mol. The minimum absolute atomic E-state index is 0.125. The predicted octanol–water partition coefficient (Wildman–Crippen LogP) is 0.803. The molecule has 0 aliphatic carbocycles. The van der Waals surface area contributed by atoms with Crippen LogP contribution in [-0.4, -0.2) is 47.1 Å². The highest BCUT2D eigenvalue weighted by atomic mass is 16.3. The molecule has 2 heterocycles. The second-order valence-electron chi connectivity index (χ2n) is 4.62. The summed E-state index contributed by atoms with van der Waals surface area (Å²) in [4.78, 5) is 19.6. The molecule has 1 aromatic heterocycles. The van der Waals surface area contributed by atoms with E-state index in [9.17, 15) is 9.90 Å². The molecule has 0 saturated carbocycles. The lowest BCUT2D eigenvalue weighted by molar-refractivity contribution is -0.129. The fourth-order valence-electron chi connectivity index (χ4n) is 2.12. The molecule has 0 spiro atoms. The van der Waals surface area contributed by atoms with E-state index >= 15 is 0 Å². The number of pyridine rings is 1. The first-order valence-corrected chi connectivity index (χ1v) is 6.22. The van der Waals surface area contributed by atoms with Gasteiger partial charge in [-0.2, -0.15) is 0 Å². The summed E-state index contributed by atoms with van der Waals surface area (Å²) >= 11 is 0. The molecular formula is C13H19N3O2. The highest BCUT2D eigenvalue weighted by molar-refractivity contribution is 5.73. The minimum Gasteiger partial charge on any atom is -0.389 e. The Kier molecular flexibility index (Phi) is 3.81. The quantitative estimate of drug-likeness (QED) is 0.842. The third-order valence-electron chi connectivity index (χ3n) is 3.30. The Morgan fingerprint density at radius 2 is 2.06 bits per heavy atom. The van der Waals surface area contributed by atoms with Crippen LogP contribution in [0.3, 0.4) is 0 Å². The zero-order valence-electron chi connectivity index (χ0n) is 10.8. The van der Waals surface area contributed by atoms with Crippen molar-refractivity contribution in [2.24, 2.45) is 0 Å². The van der Waals surface area contributed by atoms with E-state index in [0.29, 0.717) is 0 Å². The molecule has 1 aliphatic heterocycles. The number of amides is 1. The van der Waals surface area contributed by atoms with Crippen molar-refractivity contribution in [2.45, 2.75) is 20.0 Å². The summed E-state index contributed by atoms with van der Waals surface area (Å²) in [5.41, 5.74) is 0.869. The zero-order chi connectivity index (χ0) is 13.1. The van der Waals surface area contributed by atoms with Gasteiger partial charge in [0, 0.05) is 39.3 Å². The monoisotopic (exact) mass is 249 g/mol. The van der Waals surface area contributed by atoms with Crippen LogP contribution in [0.1, 0.15) is 25.5 Å². The van der Waals surface area contributed by atoms with Gasteiger partial charge in [-0.3, -0.25) is 4.79 Å². The van der Waals surface area contributed by atoms with Crippen LogP contribution in [0.15, 0.2) is 18.3 Å². The van der Waals surface area contributed by atoms with Crippen LogP contribution in [0.4, 0.5) is 5.82 Å². The topological polar surface area (TPSA) is 56.7 Å². The lowest BCUT2D eigenvalue weighted by Crippen LogP contribution is -2.48. The van der Waals surface area contributed by atoms with E-state index in [4.69, 9.17) is 0 Å². The van der Waals surface area contributed by atoms with Gasteiger partial charge in [-0.1, -0.05) is 0 Å². The van der Waals surface area contributed by atoms with Crippen LogP contribution in [0.5, 0.6) is 0 Å². The maximum absolute atomic E-state index is 11.2. The summed E-state index contributed by atoms with van der Waals surface area (Å²) < 4.78 is 0. The molecule has 5 heteroatoms. The number of piperazine rings is 1.